The Labute approximate surface area is 153 Å². The molecule has 2 aliphatic rings. The van der Waals surface area contributed by atoms with Crippen molar-refractivity contribution in [3.63, 3.8) is 0 Å². The van der Waals surface area contributed by atoms with Crippen LogP contribution >= 0.6 is 11.3 Å². The standard InChI is InChI=1S/C17H23BN4O2S/c1-16(2,3)24-15(23)20-14-21-17(4,12-8-10(18)9-25-12)11-6-7-19-13(11)22(14)5/h8-9,11H,6-7H2,1-5H3,(H,20,21,23)/t11?,17-/m0/s1. The van der Waals surface area contributed by atoms with Crippen LogP contribution in [-0.4, -0.2) is 49.8 Å². The van der Waals surface area contributed by atoms with Gasteiger partial charge in [0.25, 0.3) is 0 Å². The normalized spacial score (nSPS) is 26.0. The molecule has 0 spiro atoms. The molecule has 3 rings (SSSR count). The molecule has 0 fully saturated rings. The van der Waals surface area contributed by atoms with Crippen molar-refractivity contribution in [1.82, 2.24) is 10.2 Å². The van der Waals surface area contributed by atoms with Crippen LogP contribution in [0.5, 0.6) is 0 Å². The first-order chi connectivity index (χ1) is 11.6. The molecule has 2 atom stereocenters. The first-order valence-corrected chi connectivity index (χ1v) is 9.20. The number of alkyl carbamates (subject to hydrolysis) is 1. The van der Waals surface area contributed by atoms with Gasteiger partial charge in [-0.3, -0.25) is 10.3 Å². The number of nitrogens with zero attached hydrogens (tertiary/aromatic N) is 3. The number of nitrogens with one attached hydrogen (secondary N) is 1. The highest BCUT2D eigenvalue weighted by molar-refractivity contribution is 7.11. The van der Waals surface area contributed by atoms with E-state index in [1.807, 2.05) is 44.2 Å². The molecule has 1 amide bonds. The number of fused-ring (bicyclic) bond motifs is 1. The zero-order valence-corrected chi connectivity index (χ0v) is 16.1. The van der Waals surface area contributed by atoms with Crippen molar-refractivity contribution in [2.24, 2.45) is 15.9 Å². The lowest BCUT2D eigenvalue weighted by Gasteiger charge is -2.41. The summed E-state index contributed by atoms with van der Waals surface area (Å²) in [6.45, 7) is 8.32. The molecule has 0 bridgehead atoms. The van der Waals surface area contributed by atoms with Crippen molar-refractivity contribution >= 4 is 42.5 Å². The zero-order valence-electron chi connectivity index (χ0n) is 15.3. The number of carbonyl (C=O) groups is 1. The minimum absolute atomic E-state index is 0.166. The molecular formula is C17H23BN4O2S. The van der Waals surface area contributed by atoms with Crippen molar-refractivity contribution in [1.29, 1.82) is 0 Å². The maximum Gasteiger partial charge on any atom is 0.414 e. The molecule has 132 valence electrons. The fraction of sp³-hybridized carbons (Fsp3) is 0.588. The highest BCUT2D eigenvalue weighted by Gasteiger charge is 2.47. The van der Waals surface area contributed by atoms with Gasteiger partial charge in [-0.2, -0.15) is 0 Å². The minimum atomic E-state index is -0.573. The van der Waals surface area contributed by atoms with Crippen LogP contribution in [0.3, 0.4) is 0 Å². The largest absolute Gasteiger partial charge is 0.444 e. The summed E-state index contributed by atoms with van der Waals surface area (Å²) in [7, 11) is 7.80. The summed E-state index contributed by atoms with van der Waals surface area (Å²) < 4.78 is 5.36. The van der Waals surface area contributed by atoms with Gasteiger partial charge < -0.3 is 9.64 Å². The number of amides is 1. The van der Waals surface area contributed by atoms with Crippen LogP contribution in [0.1, 0.15) is 39.0 Å². The SMILES string of the molecule is [B]c1csc([C@@]2(C)N=C(NC(=O)OC(C)(C)C)N(C)C3=NCCC32)c1. The van der Waals surface area contributed by atoms with Crippen molar-refractivity contribution in [3.8, 4) is 0 Å². The number of amidine groups is 1. The second-order valence-corrected chi connectivity index (χ2v) is 8.51. The van der Waals surface area contributed by atoms with Gasteiger partial charge in [0.2, 0.25) is 5.96 Å². The van der Waals surface area contributed by atoms with E-state index >= 15 is 0 Å². The maximum atomic E-state index is 12.2. The van der Waals surface area contributed by atoms with Crippen LogP contribution in [0.15, 0.2) is 21.4 Å². The summed E-state index contributed by atoms with van der Waals surface area (Å²) in [5, 5.41) is 4.69. The van der Waals surface area contributed by atoms with Crippen LogP contribution < -0.4 is 10.8 Å². The molecule has 8 heteroatoms. The summed E-state index contributed by atoms with van der Waals surface area (Å²) in [4.78, 5) is 24.7. The van der Waals surface area contributed by atoms with E-state index in [2.05, 4.69) is 17.2 Å². The maximum absolute atomic E-state index is 12.2. The molecule has 0 aromatic carbocycles. The lowest BCUT2D eigenvalue weighted by atomic mass is 9.80. The predicted octanol–water partition coefficient (Wildman–Crippen LogP) is 2.00. The molecule has 1 N–H and O–H groups in total. The van der Waals surface area contributed by atoms with E-state index in [-0.39, 0.29) is 5.92 Å². The topological polar surface area (TPSA) is 66.3 Å². The second kappa shape index (κ2) is 6.16. The fourth-order valence-electron chi connectivity index (χ4n) is 3.25. The molecule has 0 aliphatic carbocycles. The van der Waals surface area contributed by atoms with Crippen LogP contribution in [0.2, 0.25) is 0 Å². The van der Waals surface area contributed by atoms with Crippen LogP contribution in [-0.2, 0) is 10.3 Å². The van der Waals surface area contributed by atoms with Crippen molar-refractivity contribution in [3.05, 3.63) is 16.3 Å². The molecule has 25 heavy (non-hydrogen) atoms. The van der Waals surface area contributed by atoms with Gasteiger partial charge in [0.15, 0.2) is 0 Å². The molecule has 2 radical (unpaired) electrons. The van der Waals surface area contributed by atoms with E-state index in [0.29, 0.717) is 5.96 Å². The van der Waals surface area contributed by atoms with Gasteiger partial charge in [0, 0.05) is 24.4 Å². The van der Waals surface area contributed by atoms with Crippen molar-refractivity contribution in [2.75, 3.05) is 13.6 Å². The molecule has 0 saturated carbocycles. The Morgan fingerprint density at radius 1 is 1.52 bits per heavy atom. The quantitative estimate of drug-likeness (QED) is 0.781. The molecule has 2 aliphatic heterocycles. The van der Waals surface area contributed by atoms with E-state index in [9.17, 15) is 4.79 Å². The van der Waals surface area contributed by atoms with Gasteiger partial charge in [-0.1, -0.05) is 11.5 Å². The Morgan fingerprint density at radius 3 is 2.84 bits per heavy atom. The number of hydrogen-bond acceptors (Lipinski definition) is 6. The van der Waals surface area contributed by atoms with Crippen LogP contribution in [0.4, 0.5) is 4.79 Å². The number of ether oxygens (including phenoxy) is 1. The van der Waals surface area contributed by atoms with Gasteiger partial charge in [0.1, 0.15) is 24.8 Å². The lowest BCUT2D eigenvalue weighted by Crippen LogP contribution is -2.55. The monoisotopic (exact) mass is 358 g/mol. The number of thiophene rings is 1. The number of guanidine groups is 1. The van der Waals surface area contributed by atoms with E-state index in [0.717, 1.165) is 29.1 Å². The van der Waals surface area contributed by atoms with Crippen molar-refractivity contribution in [2.45, 2.75) is 45.3 Å². The smallest absolute Gasteiger partial charge is 0.414 e. The number of aliphatic imine (C=N–C) groups is 2. The summed E-state index contributed by atoms with van der Waals surface area (Å²) in [6.07, 6.45) is 0.403. The minimum Gasteiger partial charge on any atom is -0.444 e. The summed E-state index contributed by atoms with van der Waals surface area (Å²) in [6, 6.07) is 1.96. The summed E-state index contributed by atoms with van der Waals surface area (Å²) in [5.74, 6) is 1.55. The van der Waals surface area contributed by atoms with E-state index < -0.39 is 17.2 Å². The van der Waals surface area contributed by atoms with Crippen molar-refractivity contribution < 1.29 is 9.53 Å². The predicted molar refractivity (Wildman–Crippen MR) is 102 cm³/mol. The third kappa shape index (κ3) is 3.45. The first kappa shape index (κ1) is 18.0. The van der Waals surface area contributed by atoms with Gasteiger partial charge in [-0.25, -0.2) is 9.79 Å². The van der Waals surface area contributed by atoms with E-state index in [1.54, 1.807) is 11.3 Å². The van der Waals surface area contributed by atoms with Gasteiger partial charge in [-0.05, 0) is 39.5 Å². The lowest BCUT2D eigenvalue weighted by molar-refractivity contribution is 0.0557. The van der Waals surface area contributed by atoms with Gasteiger partial charge in [0.05, 0.1) is 0 Å². The Bertz CT molecular complexity index is 752. The fourth-order valence-corrected chi connectivity index (χ4v) is 4.21. The zero-order chi connectivity index (χ0) is 18.4. The summed E-state index contributed by atoms with van der Waals surface area (Å²) in [5.41, 5.74) is -0.348. The highest BCUT2D eigenvalue weighted by Crippen LogP contribution is 2.43. The molecule has 1 aromatic rings. The third-order valence-electron chi connectivity index (χ3n) is 4.41. The Hall–Kier alpha value is -1.83. The third-order valence-corrected chi connectivity index (χ3v) is 5.59. The Kier molecular flexibility index (Phi) is 4.43. The average molecular weight is 358 g/mol. The molecule has 3 heterocycles. The number of hydrogen-bond donors (Lipinski definition) is 1. The molecule has 6 nitrogen and oxygen atoms in total. The van der Waals surface area contributed by atoms with E-state index in [1.165, 1.54) is 0 Å². The molecule has 1 aromatic heterocycles. The van der Waals surface area contributed by atoms with Crippen LogP contribution in [0, 0.1) is 5.92 Å². The highest BCUT2D eigenvalue weighted by atomic mass is 32.1. The van der Waals surface area contributed by atoms with E-state index in [4.69, 9.17) is 17.6 Å². The average Bonchev–Trinajstić information content (AvgIpc) is 3.11. The molecule has 0 saturated heterocycles. The number of carbonyl (C=O) groups excluding carboxylic acids is 1. The van der Waals surface area contributed by atoms with Crippen LogP contribution in [0.25, 0.3) is 0 Å². The second-order valence-electron chi connectivity index (χ2n) is 7.59. The first-order valence-electron chi connectivity index (χ1n) is 8.32. The van der Waals surface area contributed by atoms with Gasteiger partial charge in [-0.15, -0.1) is 11.3 Å². The Morgan fingerprint density at radius 2 is 2.24 bits per heavy atom. The Balaban J connectivity index is 1.96. The molecule has 1 unspecified atom stereocenters. The summed E-state index contributed by atoms with van der Waals surface area (Å²) >= 11 is 1.59. The van der Waals surface area contributed by atoms with Gasteiger partial charge >= 0.3 is 6.09 Å². The number of rotatable bonds is 1. The molecular weight excluding hydrogens is 335 g/mol.